The van der Waals surface area contributed by atoms with Crippen LogP contribution in [0.25, 0.3) is 10.1 Å². The van der Waals surface area contributed by atoms with Gasteiger partial charge in [0.2, 0.25) is 0 Å². The molecule has 5 heteroatoms. The summed E-state index contributed by atoms with van der Waals surface area (Å²) < 4.78 is 13.0. The van der Waals surface area contributed by atoms with E-state index < -0.39 is 0 Å². The molecule has 0 unspecified atom stereocenters. The van der Waals surface area contributed by atoms with Gasteiger partial charge in [-0.1, -0.05) is 0 Å². The van der Waals surface area contributed by atoms with E-state index in [1.165, 1.54) is 27.0 Å². The summed E-state index contributed by atoms with van der Waals surface area (Å²) in [5.41, 5.74) is 3.75. The minimum atomic E-state index is 0.618. The molecule has 0 saturated carbocycles. The zero-order valence-corrected chi connectivity index (χ0v) is 15.0. The number of hydrogen-bond acceptors (Lipinski definition) is 5. The predicted molar refractivity (Wildman–Crippen MR) is 103 cm³/mol. The topological polar surface area (TPSA) is 24.9 Å². The Balaban J connectivity index is 1.64. The van der Waals surface area contributed by atoms with Crippen molar-refractivity contribution in [3.63, 3.8) is 0 Å². The zero-order valence-electron chi connectivity index (χ0n) is 14.2. The highest BCUT2D eigenvalue weighted by Gasteiger charge is 2.24. The summed E-state index contributed by atoms with van der Waals surface area (Å²) in [5, 5.41) is 3.46. The number of thiophene rings is 1. The average molecular weight is 352 g/mol. The first-order valence-electron chi connectivity index (χ1n) is 8.64. The van der Waals surface area contributed by atoms with E-state index in [9.17, 15) is 0 Å². The second-order valence-corrected chi connectivity index (χ2v) is 7.60. The summed E-state index contributed by atoms with van der Waals surface area (Å²) >= 11 is 1.79. The Morgan fingerprint density at radius 3 is 2.68 bits per heavy atom. The van der Waals surface area contributed by atoms with Crippen LogP contribution in [0.3, 0.4) is 0 Å². The number of anilines is 2. The van der Waals surface area contributed by atoms with Crippen LogP contribution in [0.5, 0.6) is 11.5 Å². The maximum absolute atomic E-state index is 5.84. The summed E-state index contributed by atoms with van der Waals surface area (Å²) in [5.74, 6) is 1.73. The molecule has 0 saturated heterocycles. The molecule has 0 aliphatic carbocycles. The van der Waals surface area contributed by atoms with Crippen molar-refractivity contribution in [3.8, 4) is 11.5 Å². The van der Waals surface area contributed by atoms with Crippen molar-refractivity contribution < 1.29 is 9.47 Å². The third kappa shape index (κ3) is 2.64. The monoisotopic (exact) mass is 352 g/mol. The fourth-order valence-electron chi connectivity index (χ4n) is 3.65. The lowest BCUT2D eigenvalue weighted by Gasteiger charge is -2.27. The van der Waals surface area contributed by atoms with Crippen LogP contribution in [0.1, 0.15) is 5.56 Å². The molecule has 0 radical (unpaired) electrons. The van der Waals surface area contributed by atoms with E-state index in [1.54, 1.807) is 11.3 Å². The van der Waals surface area contributed by atoms with Crippen molar-refractivity contribution in [2.75, 3.05) is 38.3 Å². The Kier molecular flexibility index (Phi) is 3.57. The van der Waals surface area contributed by atoms with E-state index in [4.69, 9.17) is 9.47 Å². The van der Waals surface area contributed by atoms with Crippen molar-refractivity contribution >= 4 is 32.8 Å². The molecular formula is C20H20N2O2S. The predicted octanol–water partition coefficient (Wildman–Crippen LogP) is 4.26. The molecule has 4 nitrogen and oxygen atoms in total. The number of hydrogen-bond donors (Lipinski definition) is 0. The number of ether oxygens (including phenoxy) is 2. The van der Waals surface area contributed by atoms with E-state index in [-0.39, 0.29) is 0 Å². The number of fused-ring (bicyclic) bond motifs is 3. The molecule has 3 aromatic rings. The summed E-state index contributed by atoms with van der Waals surface area (Å²) in [6.07, 6.45) is 0. The van der Waals surface area contributed by atoms with E-state index in [1.807, 2.05) is 0 Å². The Hall–Kier alpha value is -2.24. The van der Waals surface area contributed by atoms with Crippen LogP contribution in [-0.4, -0.2) is 38.3 Å². The third-order valence-electron chi connectivity index (χ3n) is 4.93. The maximum atomic E-state index is 5.84. The van der Waals surface area contributed by atoms with Crippen molar-refractivity contribution in [1.82, 2.24) is 4.90 Å². The first-order chi connectivity index (χ1) is 12.3. The summed E-state index contributed by atoms with van der Waals surface area (Å²) in [6.45, 7) is 4.14. The second-order valence-electron chi connectivity index (χ2n) is 6.66. The van der Waals surface area contributed by atoms with Gasteiger partial charge in [-0.2, -0.15) is 0 Å². The van der Waals surface area contributed by atoms with Gasteiger partial charge in [-0.3, -0.25) is 0 Å². The largest absolute Gasteiger partial charge is 0.486 e. The van der Waals surface area contributed by atoms with Crippen LogP contribution in [0.4, 0.5) is 11.4 Å². The Morgan fingerprint density at radius 2 is 1.80 bits per heavy atom. The lowest BCUT2D eigenvalue weighted by molar-refractivity contribution is 0.171. The minimum Gasteiger partial charge on any atom is -0.486 e. The van der Waals surface area contributed by atoms with Gasteiger partial charge >= 0.3 is 0 Å². The van der Waals surface area contributed by atoms with Crippen molar-refractivity contribution in [1.29, 1.82) is 0 Å². The molecule has 128 valence electrons. The summed E-state index contributed by atoms with van der Waals surface area (Å²) in [6, 6.07) is 13.2. The molecule has 0 N–H and O–H groups in total. The highest BCUT2D eigenvalue weighted by atomic mass is 32.1. The standard InChI is InChI=1S/C20H20N2O2S/c1-21-5-6-22(16-2-3-20-14(10-16)4-9-25-20)17-12-19-18(11-15(17)13-21)23-7-8-24-19/h2-4,9-12H,5-8,13H2,1H3. The Morgan fingerprint density at radius 1 is 0.960 bits per heavy atom. The van der Waals surface area contributed by atoms with Gasteiger partial charge in [0.05, 0.1) is 0 Å². The lowest BCUT2D eigenvalue weighted by Crippen LogP contribution is -2.26. The molecular weight excluding hydrogens is 332 g/mol. The van der Waals surface area contributed by atoms with Gasteiger partial charge in [0.25, 0.3) is 0 Å². The number of rotatable bonds is 1. The molecule has 1 aromatic heterocycles. The Bertz CT molecular complexity index is 937. The smallest absolute Gasteiger partial charge is 0.163 e. The second kappa shape index (κ2) is 5.93. The lowest BCUT2D eigenvalue weighted by atomic mass is 10.1. The van der Waals surface area contributed by atoms with Crippen LogP contribution in [0.15, 0.2) is 41.8 Å². The number of nitrogens with zero attached hydrogens (tertiary/aromatic N) is 2. The van der Waals surface area contributed by atoms with Crippen LogP contribution in [0, 0.1) is 0 Å². The van der Waals surface area contributed by atoms with Gasteiger partial charge in [0.1, 0.15) is 13.2 Å². The molecule has 0 bridgehead atoms. The first-order valence-corrected chi connectivity index (χ1v) is 9.52. The maximum Gasteiger partial charge on any atom is 0.163 e. The Labute approximate surface area is 151 Å². The fraction of sp³-hybridized carbons (Fsp3) is 0.300. The summed E-state index contributed by atoms with van der Waals surface area (Å²) in [7, 11) is 2.17. The normalized spacial score (nSPS) is 17.4. The molecule has 2 aliphatic heterocycles. The molecule has 0 spiro atoms. The van der Waals surface area contributed by atoms with Gasteiger partial charge in [-0.05, 0) is 53.7 Å². The van der Waals surface area contributed by atoms with E-state index >= 15 is 0 Å². The minimum absolute atomic E-state index is 0.618. The van der Waals surface area contributed by atoms with Gasteiger partial charge < -0.3 is 19.3 Å². The van der Waals surface area contributed by atoms with Gasteiger partial charge in [0.15, 0.2) is 11.5 Å². The quantitative estimate of drug-likeness (QED) is 0.653. The molecule has 2 aliphatic rings. The van der Waals surface area contributed by atoms with Gasteiger partial charge in [0, 0.05) is 41.8 Å². The molecule has 0 atom stereocenters. The van der Waals surface area contributed by atoms with Crippen LogP contribution in [-0.2, 0) is 6.54 Å². The average Bonchev–Trinajstić information content (AvgIpc) is 3.03. The molecule has 0 fully saturated rings. The molecule has 5 rings (SSSR count). The summed E-state index contributed by atoms with van der Waals surface area (Å²) in [4.78, 5) is 4.77. The van der Waals surface area contributed by atoms with Crippen LogP contribution < -0.4 is 14.4 Å². The van der Waals surface area contributed by atoms with Gasteiger partial charge in [-0.25, -0.2) is 0 Å². The van der Waals surface area contributed by atoms with Gasteiger partial charge in [-0.15, -0.1) is 11.3 Å². The van der Waals surface area contributed by atoms with Crippen LogP contribution >= 0.6 is 11.3 Å². The highest BCUT2D eigenvalue weighted by Crippen LogP contribution is 2.41. The number of likely N-dealkylation sites (N-methyl/N-ethyl adjacent to an activating group) is 1. The van der Waals surface area contributed by atoms with Crippen molar-refractivity contribution in [2.24, 2.45) is 0 Å². The zero-order chi connectivity index (χ0) is 16.8. The first kappa shape index (κ1) is 15.0. The van der Waals surface area contributed by atoms with Crippen molar-refractivity contribution in [2.45, 2.75) is 6.54 Å². The van der Waals surface area contributed by atoms with Crippen molar-refractivity contribution in [3.05, 3.63) is 47.3 Å². The van der Waals surface area contributed by atoms with E-state index in [2.05, 4.69) is 58.6 Å². The fourth-order valence-corrected chi connectivity index (χ4v) is 4.42. The highest BCUT2D eigenvalue weighted by molar-refractivity contribution is 7.17. The molecule has 3 heterocycles. The van der Waals surface area contributed by atoms with E-state index in [0.29, 0.717) is 13.2 Å². The van der Waals surface area contributed by atoms with E-state index in [0.717, 1.165) is 31.1 Å². The number of benzene rings is 2. The molecule has 0 amide bonds. The third-order valence-corrected chi connectivity index (χ3v) is 5.83. The SMILES string of the molecule is CN1CCN(c2ccc3sccc3c2)c2cc3c(cc2C1)OCCO3. The molecule has 25 heavy (non-hydrogen) atoms. The molecule has 2 aromatic carbocycles. The van der Waals surface area contributed by atoms with Crippen LogP contribution in [0.2, 0.25) is 0 Å².